The highest BCUT2D eigenvalue weighted by Gasteiger charge is 1.95. The number of aryl methyl sites for hydroxylation is 3. The topological polar surface area (TPSA) is 57.5 Å². The molecule has 0 aromatic heterocycles. The van der Waals surface area contributed by atoms with Gasteiger partial charge in [0.1, 0.15) is 6.79 Å². The van der Waals surface area contributed by atoms with Crippen LogP contribution in [0.1, 0.15) is 29.2 Å². The van der Waals surface area contributed by atoms with Gasteiger partial charge in [-0.3, -0.25) is 0 Å². The summed E-state index contributed by atoms with van der Waals surface area (Å²) < 4.78 is 0. The third-order valence-corrected chi connectivity index (χ3v) is 2.07. The molecule has 0 radical (unpaired) electrons. The summed E-state index contributed by atoms with van der Waals surface area (Å²) in [7, 11) is 1.00. The highest BCUT2D eigenvalue weighted by Crippen LogP contribution is 2.13. The lowest BCUT2D eigenvalue weighted by atomic mass is 10.0. The van der Waals surface area contributed by atoms with Crippen LogP contribution in [0.15, 0.2) is 12.1 Å². The third-order valence-electron chi connectivity index (χ3n) is 2.07. The molecule has 100 valence electrons. The molecule has 0 fully saturated rings. The molecule has 1 aromatic carbocycles. The zero-order valence-electron chi connectivity index (χ0n) is 11.9. The summed E-state index contributed by atoms with van der Waals surface area (Å²) in [5.74, 6) is 0. The molecular formula is C14H26O3. The average molecular weight is 242 g/mol. The van der Waals surface area contributed by atoms with Crippen LogP contribution in [0.25, 0.3) is 0 Å². The average Bonchev–Trinajstić information content (AvgIpc) is 2.32. The molecule has 2 N–H and O–H groups in total. The fraction of sp³-hybridized carbons (Fsp3) is 0.500. The summed E-state index contributed by atoms with van der Waals surface area (Å²) in [5, 5.41) is 14.6. The Morgan fingerprint density at radius 3 is 1.47 bits per heavy atom. The van der Waals surface area contributed by atoms with Gasteiger partial charge in [-0.05, 0) is 51.3 Å². The van der Waals surface area contributed by atoms with Gasteiger partial charge in [0.05, 0.1) is 0 Å². The predicted octanol–water partition coefficient (Wildman–Crippen LogP) is 2.34. The van der Waals surface area contributed by atoms with E-state index in [2.05, 4.69) is 39.8 Å². The molecule has 0 unspecified atom stereocenters. The fourth-order valence-corrected chi connectivity index (χ4v) is 1.25. The molecule has 0 bridgehead atoms. The minimum atomic E-state index is 0.250. The van der Waals surface area contributed by atoms with Crippen molar-refractivity contribution >= 4 is 6.79 Å². The molecule has 0 aliphatic heterocycles. The Hall–Kier alpha value is -1.19. The van der Waals surface area contributed by atoms with E-state index in [9.17, 15) is 0 Å². The van der Waals surface area contributed by atoms with Gasteiger partial charge in [0.2, 0.25) is 0 Å². The Morgan fingerprint density at radius 2 is 1.24 bits per heavy atom. The van der Waals surface area contributed by atoms with Crippen molar-refractivity contribution in [1.29, 1.82) is 0 Å². The lowest BCUT2D eigenvalue weighted by molar-refractivity contribution is -0.0979. The predicted molar refractivity (Wildman–Crippen MR) is 73.4 cm³/mol. The van der Waals surface area contributed by atoms with Crippen molar-refractivity contribution in [3.63, 3.8) is 0 Å². The van der Waals surface area contributed by atoms with Crippen LogP contribution in [-0.4, -0.2) is 30.7 Å². The molecule has 1 aromatic rings. The van der Waals surface area contributed by atoms with Gasteiger partial charge < -0.3 is 15.0 Å². The van der Waals surface area contributed by atoms with E-state index in [1.165, 1.54) is 22.3 Å². The Bertz CT molecular complexity index is 260. The number of hydrogen-bond donors (Lipinski definition) is 2. The van der Waals surface area contributed by atoms with Crippen molar-refractivity contribution in [2.45, 2.75) is 34.6 Å². The third kappa shape index (κ3) is 11.1. The second-order valence-electron chi connectivity index (χ2n) is 3.34. The first-order valence-electron chi connectivity index (χ1n) is 5.41. The van der Waals surface area contributed by atoms with Crippen LogP contribution in [-0.2, 0) is 4.79 Å². The van der Waals surface area contributed by atoms with Crippen molar-refractivity contribution < 1.29 is 15.0 Å². The SMILES string of the molecule is C=O.CCO.CO.Cc1cc(C)c(C)c(C)c1. The van der Waals surface area contributed by atoms with Gasteiger partial charge in [0.25, 0.3) is 0 Å². The van der Waals surface area contributed by atoms with Crippen molar-refractivity contribution in [1.82, 2.24) is 0 Å². The molecule has 1 rings (SSSR count). The monoisotopic (exact) mass is 242 g/mol. The zero-order valence-corrected chi connectivity index (χ0v) is 11.9. The van der Waals surface area contributed by atoms with E-state index >= 15 is 0 Å². The molecule has 0 aliphatic carbocycles. The lowest BCUT2D eigenvalue weighted by Crippen LogP contribution is -1.86. The number of aliphatic hydroxyl groups excluding tert-OH is 2. The zero-order chi connectivity index (χ0) is 14.4. The van der Waals surface area contributed by atoms with E-state index in [1.807, 2.05) is 6.79 Å². The number of carbonyl (C=O) groups is 1. The fourth-order valence-electron chi connectivity index (χ4n) is 1.25. The Balaban J connectivity index is -0.000000239. The molecule has 0 spiro atoms. The summed E-state index contributed by atoms with van der Waals surface area (Å²) in [5.41, 5.74) is 5.58. The minimum Gasteiger partial charge on any atom is -0.400 e. The maximum atomic E-state index is 8.00. The maximum Gasteiger partial charge on any atom is 0.106 e. The molecule has 0 atom stereocenters. The van der Waals surface area contributed by atoms with Gasteiger partial charge in [-0.25, -0.2) is 0 Å². The summed E-state index contributed by atoms with van der Waals surface area (Å²) in [6.07, 6.45) is 0. The number of carbonyl (C=O) groups excluding carboxylic acids is 1. The second-order valence-corrected chi connectivity index (χ2v) is 3.34. The van der Waals surface area contributed by atoms with Gasteiger partial charge in [0, 0.05) is 13.7 Å². The molecule has 3 nitrogen and oxygen atoms in total. The molecular weight excluding hydrogens is 216 g/mol. The molecule has 0 aliphatic rings. The first kappa shape index (κ1) is 21.1. The van der Waals surface area contributed by atoms with Crippen molar-refractivity contribution in [2.24, 2.45) is 0 Å². The van der Waals surface area contributed by atoms with Gasteiger partial charge in [0.15, 0.2) is 0 Å². The largest absolute Gasteiger partial charge is 0.400 e. The van der Waals surface area contributed by atoms with Gasteiger partial charge >= 0.3 is 0 Å². The van der Waals surface area contributed by atoms with E-state index in [-0.39, 0.29) is 6.61 Å². The molecule has 0 heterocycles. The Kier molecular flexibility index (Phi) is 18.4. The molecule has 0 saturated carbocycles. The van der Waals surface area contributed by atoms with Gasteiger partial charge in [-0.1, -0.05) is 17.7 Å². The highest BCUT2D eigenvalue weighted by molar-refractivity contribution is 5.35. The van der Waals surface area contributed by atoms with Crippen molar-refractivity contribution in [3.05, 3.63) is 34.4 Å². The van der Waals surface area contributed by atoms with E-state index in [1.54, 1.807) is 6.92 Å². The van der Waals surface area contributed by atoms with Crippen molar-refractivity contribution in [2.75, 3.05) is 13.7 Å². The van der Waals surface area contributed by atoms with Crippen LogP contribution in [0.3, 0.4) is 0 Å². The Morgan fingerprint density at radius 1 is 1.00 bits per heavy atom. The molecule has 3 heteroatoms. The second kappa shape index (κ2) is 14.8. The summed E-state index contributed by atoms with van der Waals surface area (Å²) >= 11 is 0. The first-order chi connectivity index (χ1) is 8.02. The summed E-state index contributed by atoms with van der Waals surface area (Å²) in [6, 6.07) is 4.45. The molecule has 0 saturated heterocycles. The number of rotatable bonds is 0. The van der Waals surface area contributed by atoms with E-state index in [0.29, 0.717) is 0 Å². The number of benzene rings is 1. The van der Waals surface area contributed by atoms with Crippen LogP contribution in [0.5, 0.6) is 0 Å². The summed E-state index contributed by atoms with van der Waals surface area (Å²) in [4.78, 5) is 8.00. The first-order valence-corrected chi connectivity index (χ1v) is 5.41. The minimum absolute atomic E-state index is 0.250. The van der Waals surface area contributed by atoms with E-state index in [4.69, 9.17) is 15.0 Å². The molecule has 0 amide bonds. The van der Waals surface area contributed by atoms with Crippen LogP contribution >= 0.6 is 0 Å². The summed E-state index contributed by atoms with van der Waals surface area (Å²) in [6.45, 7) is 12.6. The van der Waals surface area contributed by atoms with E-state index < -0.39 is 0 Å². The standard InChI is InChI=1S/C10H14.C2H6O.CH4O.CH2O/c1-7-5-8(2)10(4)9(3)6-7;1-2-3;2*1-2/h5-6H,1-4H3;3H,2H2,1H3;2H,1H3;1H2. The smallest absolute Gasteiger partial charge is 0.106 e. The lowest BCUT2D eigenvalue weighted by Gasteiger charge is -2.04. The van der Waals surface area contributed by atoms with E-state index in [0.717, 1.165) is 7.11 Å². The van der Waals surface area contributed by atoms with Gasteiger partial charge in [-0.2, -0.15) is 0 Å². The van der Waals surface area contributed by atoms with Crippen LogP contribution in [0.2, 0.25) is 0 Å². The highest BCUT2D eigenvalue weighted by atomic mass is 16.2. The quantitative estimate of drug-likeness (QED) is 0.734. The number of hydrogen-bond acceptors (Lipinski definition) is 3. The molecule has 17 heavy (non-hydrogen) atoms. The van der Waals surface area contributed by atoms with Gasteiger partial charge in [-0.15, -0.1) is 0 Å². The number of aliphatic hydroxyl groups is 2. The van der Waals surface area contributed by atoms with Crippen LogP contribution in [0, 0.1) is 27.7 Å². The maximum absolute atomic E-state index is 8.00. The van der Waals surface area contributed by atoms with Crippen LogP contribution < -0.4 is 0 Å². The van der Waals surface area contributed by atoms with Crippen molar-refractivity contribution in [3.8, 4) is 0 Å². The normalized spacial score (nSPS) is 7.53. The van der Waals surface area contributed by atoms with Crippen LogP contribution in [0.4, 0.5) is 0 Å². The Labute approximate surface area is 105 Å².